The van der Waals surface area contributed by atoms with Gasteiger partial charge < -0.3 is 23.7 Å². The van der Waals surface area contributed by atoms with Crippen LogP contribution in [0.1, 0.15) is 17.9 Å². The highest BCUT2D eigenvalue weighted by Gasteiger charge is 2.43. The van der Waals surface area contributed by atoms with Gasteiger partial charge in [0.05, 0.1) is 24.7 Å². The molecule has 0 aliphatic carbocycles. The number of fused-ring (bicyclic) bond motifs is 5. The highest BCUT2D eigenvalue weighted by molar-refractivity contribution is 6.33. The van der Waals surface area contributed by atoms with Crippen LogP contribution in [0.4, 0.5) is 0 Å². The first kappa shape index (κ1) is 14.9. The second-order valence-electron chi connectivity index (χ2n) is 6.15. The van der Waals surface area contributed by atoms with Gasteiger partial charge in [0.25, 0.3) is 0 Å². The summed E-state index contributed by atoms with van der Waals surface area (Å²) >= 11 is 5.95. The molecular formula is C18H13ClO6. The predicted molar refractivity (Wildman–Crippen MR) is 90.9 cm³/mol. The summed E-state index contributed by atoms with van der Waals surface area (Å²) in [4.78, 5) is 13.1. The summed E-state index contributed by atoms with van der Waals surface area (Å²) in [6.45, 7) is 0.596. The van der Waals surface area contributed by atoms with E-state index in [4.69, 9.17) is 30.2 Å². The zero-order chi connectivity index (χ0) is 17.3. The van der Waals surface area contributed by atoms with E-state index in [-0.39, 0.29) is 39.3 Å². The molecule has 0 saturated carbocycles. The van der Waals surface area contributed by atoms with E-state index in [0.717, 1.165) is 12.0 Å². The summed E-state index contributed by atoms with van der Waals surface area (Å²) in [5, 5.41) is 10.6. The normalized spacial score (nSPS) is 21.4. The topological polar surface area (TPSA) is 78.1 Å². The first-order valence-electron chi connectivity index (χ1n) is 7.87. The van der Waals surface area contributed by atoms with Crippen molar-refractivity contribution in [1.29, 1.82) is 0 Å². The van der Waals surface area contributed by atoms with E-state index in [9.17, 15) is 9.90 Å². The van der Waals surface area contributed by atoms with Gasteiger partial charge in [-0.1, -0.05) is 11.6 Å². The van der Waals surface area contributed by atoms with E-state index in [1.807, 2.05) is 0 Å². The number of hydrogen-bond acceptors (Lipinski definition) is 6. The lowest BCUT2D eigenvalue weighted by Gasteiger charge is -2.13. The number of ether oxygens (including phenoxy) is 3. The molecule has 3 aromatic rings. The number of methoxy groups -OCH3 is 1. The Morgan fingerprint density at radius 3 is 2.92 bits per heavy atom. The molecular weight excluding hydrogens is 348 g/mol. The molecule has 5 rings (SSSR count). The van der Waals surface area contributed by atoms with E-state index < -0.39 is 5.43 Å². The number of benzene rings is 2. The largest absolute Gasteiger partial charge is 0.505 e. The first-order valence-corrected chi connectivity index (χ1v) is 8.25. The minimum atomic E-state index is -0.390. The number of hydrogen-bond donors (Lipinski definition) is 1. The van der Waals surface area contributed by atoms with Gasteiger partial charge in [-0.3, -0.25) is 4.79 Å². The van der Waals surface area contributed by atoms with Crippen LogP contribution in [-0.4, -0.2) is 25.1 Å². The molecule has 0 spiro atoms. The molecule has 0 unspecified atom stereocenters. The van der Waals surface area contributed by atoms with E-state index in [0.29, 0.717) is 23.7 Å². The van der Waals surface area contributed by atoms with Crippen molar-refractivity contribution in [2.24, 2.45) is 0 Å². The van der Waals surface area contributed by atoms with Crippen molar-refractivity contribution in [3.05, 3.63) is 39.0 Å². The Bertz CT molecular complexity index is 1100. The van der Waals surface area contributed by atoms with Crippen LogP contribution >= 0.6 is 11.6 Å². The lowest BCUT2D eigenvalue weighted by atomic mass is 9.95. The third kappa shape index (κ3) is 1.86. The van der Waals surface area contributed by atoms with E-state index in [1.165, 1.54) is 13.2 Å². The lowest BCUT2D eigenvalue weighted by molar-refractivity contribution is -0.0337. The summed E-state index contributed by atoms with van der Waals surface area (Å²) in [6, 6.07) is 4.71. The molecule has 3 heterocycles. The van der Waals surface area contributed by atoms with Gasteiger partial charge in [-0.2, -0.15) is 0 Å². The molecule has 2 aromatic carbocycles. The minimum Gasteiger partial charge on any atom is -0.505 e. The van der Waals surface area contributed by atoms with Crippen molar-refractivity contribution in [2.75, 3.05) is 13.7 Å². The van der Waals surface area contributed by atoms with E-state index in [1.54, 1.807) is 12.1 Å². The molecule has 128 valence electrons. The number of phenols is 1. The molecule has 0 radical (unpaired) electrons. The van der Waals surface area contributed by atoms with E-state index >= 15 is 0 Å². The molecule has 6 nitrogen and oxygen atoms in total. The Morgan fingerprint density at radius 2 is 2.12 bits per heavy atom. The van der Waals surface area contributed by atoms with Gasteiger partial charge in [0.15, 0.2) is 0 Å². The summed E-state index contributed by atoms with van der Waals surface area (Å²) in [5.41, 5.74) is 0.995. The van der Waals surface area contributed by atoms with Crippen molar-refractivity contribution in [2.45, 2.75) is 18.6 Å². The zero-order valence-electron chi connectivity index (χ0n) is 13.2. The minimum absolute atomic E-state index is 0.0115. The van der Waals surface area contributed by atoms with Gasteiger partial charge in [0.2, 0.25) is 11.7 Å². The van der Waals surface area contributed by atoms with Gasteiger partial charge in [-0.15, -0.1) is 0 Å². The molecule has 0 amide bonds. The monoisotopic (exact) mass is 360 g/mol. The number of aromatic hydroxyl groups is 1. The van der Waals surface area contributed by atoms with Crippen LogP contribution in [-0.2, 0) is 4.74 Å². The summed E-state index contributed by atoms with van der Waals surface area (Å²) in [5.74, 6) is 0.716. The molecule has 2 atom stereocenters. The van der Waals surface area contributed by atoms with Crippen molar-refractivity contribution in [3.8, 4) is 17.2 Å². The molecule has 0 bridgehead atoms. The van der Waals surface area contributed by atoms with Crippen molar-refractivity contribution >= 4 is 33.5 Å². The zero-order valence-corrected chi connectivity index (χ0v) is 13.9. The first-order chi connectivity index (χ1) is 12.1. The van der Waals surface area contributed by atoms with Gasteiger partial charge in [0.1, 0.15) is 39.2 Å². The third-order valence-electron chi connectivity index (χ3n) is 4.87. The van der Waals surface area contributed by atoms with Crippen LogP contribution < -0.4 is 14.9 Å². The SMILES string of the molecule is COc1c2c(cc3oc4ccc(Cl)c(O)c4c(=O)c13)O[C@@H]1OCC[C@H]21. The van der Waals surface area contributed by atoms with Crippen molar-refractivity contribution < 1.29 is 23.7 Å². The Hall–Kier alpha value is -2.44. The fourth-order valence-corrected chi connectivity index (χ4v) is 3.92. The maximum atomic E-state index is 13.1. The predicted octanol–water partition coefficient (Wildman–Crippen LogP) is 3.54. The number of halogens is 1. The summed E-state index contributed by atoms with van der Waals surface area (Å²) in [7, 11) is 1.50. The highest BCUT2D eigenvalue weighted by atomic mass is 35.5. The second kappa shape index (κ2) is 5.03. The third-order valence-corrected chi connectivity index (χ3v) is 5.17. The maximum absolute atomic E-state index is 13.1. The van der Waals surface area contributed by atoms with Crippen LogP contribution in [0.15, 0.2) is 27.4 Å². The number of rotatable bonds is 1. The lowest BCUT2D eigenvalue weighted by Crippen LogP contribution is -2.14. The molecule has 1 saturated heterocycles. The van der Waals surface area contributed by atoms with Crippen LogP contribution in [0.3, 0.4) is 0 Å². The fraction of sp³-hybridized carbons (Fsp3) is 0.278. The van der Waals surface area contributed by atoms with Gasteiger partial charge >= 0.3 is 0 Å². The van der Waals surface area contributed by atoms with Gasteiger partial charge in [-0.25, -0.2) is 0 Å². The average Bonchev–Trinajstić information content (AvgIpc) is 3.17. The van der Waals surface area contributed by atoms with Crippen LogP contribution in [0.2, 0.25) is 5.02 Å². The molecule has 1 N–H and O–H groups in total. The summed E-state index contributed by atoms with van der Waals surface area (Å²) < 4.78 is 22.8. The van der Waals surface area contributed by atoms with Crippen molar-refractivity contribution in [1.82, 2.24) is 0 Å². The molecule has 25 heavy (non-hydrogen) atoms. The molecule has 2 aliphatic rings. The van der Waals surface area contributed by atoms with Crippen LogP contribution in [0.25, 0.3) is 21.9 Å². The maximum Gasteiger partial charge on any atom is 0.208 e. The Labute approximate surface area is 146 Å². The van der Waals surface area contributed by atoms with Crippen LogP contribution in [0, 0.1) is 0 Å². The average molecular weight is 361 g/mol. The second-order valence-corrected chi connectivity index (χ2v) is 6.55. The molecule has 1 aromatic heterocycles. The molecule has 1 fully saturated rings. The smallest absolute Gasteiger partial charge is 0.208 e. The van der Waals surface area contributed by atoms with Gasteiger partial charge in [0, 0.05) is 11.6 Å². The van der Waals surface area contributed by atoms with Crippen molar-refractivity contribution in [3.63, 3.8) is 0 Å². The Kier molecular flexibility index (Phi) is 2.99. The molecule has 7 heteroatoms. The Morgan fingerprint density at radius 1 is 1.28 bits per heavy atom. The fourth-order valence-electron chi connectivity index (χ4n) is 3.76. The quantitative estimate of drug-likeness (QED) is 0.669. The van der Waals surface area contributed by atoms with E-state index in [2.05, 4.69) is 0 Å². The number of phenolic OH excluding ortho intramolecular Hbond substituents is 1. The summed E-state index contributed by atoms with van der Waals surface area (Å²) in [6.07, 6.45) is 0.420. The Balaban J connectivity index is 1.94. The highest BCUT2D eigenvalue weighted by Crippen LogP contribution is 2.51. The van der Waals surface area contributed by atoms with Gasteiger partial charge in [-0.05, 0) is 18.6 Å². The molecule has 2 aliphatic heterocycles. The van der Waals surface area contributed by atoms with Crippen LogP contribution in [0.5, 0.6) is 17.2 Å². The standard InChI is InChI=1S/C18H13ClO6/c1-22-17-12-7-4-5-23-18(7)25-10(12)6-11-14(17)16(21)13-9(24-11)3-2-8(19)15(13)20/h2-3,6-7,18,20H,4-5H2,1H3/t7-,18+/m1/s1.